The highest BCUT2D eigenvalue weighted by atomic mass is 79.9. The van der Waals surface area contributed by atoms with Gasteiger partial charge in [-0.2, -0.15) is 0 Å². The molecule has 1 heterocycles. The number of carbonyl (C=O) groups is 2. The first-order chi connectivity index (χ1) is 11.2. The van der Waals surface area contributed by atoms with Gasteiger partial charge in [-0.05, 0) is 44.4 Å². The van der Waals surface area contributed by atoms with Crippen molar-refractivity contribution in [3.05, 3.63) is 56.8 Å². The normalized spacial score (nSPS) is 23.0. The Morgan fingerprint density at radius 2 is 2.04 bits per heavy atom. The van der Waals surface area contributed by atoms with E-state index in [-0.39, 0.29) is 17.5 Å². The molecule has 4 heteroatoms. The van der Waals surface area contributed by atoms with Crippen LogP contribution in [0.5, 0.6) is 0 Å². The molecule has 1 aromatic rings. The highest BCUT2D eigenvalue weighted by Crippen LogP contribution is 2.47. The molecule has 0 aromatic heterocycles. The van der Waals surface area contributed by atoms with Gasteiger partial charge in [0, 0.05) is 38.3 Å². The third kappa shape index (κ3) is 2.77. The van der Waals surface area contributed by atoms with E-state index in [2.05, 4.69) is 21.2 Å². The summed E-state index contributed by atoms with van der Waals surface area (Å²) in [5.74, 6) is -0.136. The van der Waals surface area contributed by atoms with Gasteiger partial charge < -0.3 is 5.32 Å². The summed E-state index contributed by atoms with van der Waals surface area (Å²) in [4.78, 5) is 25.6. The number of dihydropyridines is 1. The van der Waals surface area contributed by atoms with E-state index in [4.69, 9.17) is 0 Å². The van der Waals surface area contributed by atoms with Crippen molar-refractivity contribution in [2.75, 3.05) is 0 Å². The van der Waals surface area contributed by atoms with Gasteiger partial charge in [0.1, 0.15) is 0 Å². The number of hydrogen-bond acceptors (Lipinski definition) is 3. The van der Waals surface area contributed by atoms with Gasteiger partial charge >= 0.3 is 0 Å². The van der Waals surface area contributed by atoms with Gasteiger partial charge in [-0.25, -0.2) is 0 Å². The van der Waals surface area contributed by atoms with E-state index in [0.717, 1.165) is 39.8 Å². The average molecular weight is 388 g/mol. The summed E-state index contributed by atoms with van der Waals surface area (Å²) in [6, 6.07) is 7.91. The van der Waals surface area contributed by atoms with Crippen LogP contribution in [0.4, 0.5) is 0 Å². The van der Waals surface area contributed by atoms with Crippen LogP contribution >= 0.6 is 15.9 Å². The van der Waals surface area contributed by atoms with E-state index in [0.29, 0.717) is 5.57 Å². The molecule has 1 atom stereocenters. The highest BCUT2D eigenvalue weighted by Gasteiger charge is 2.43. The van der Waals surface area contributed by atoms with Crippen molar-refractivity contribution in [2.45, 2.75) is 46.5 Å². The van der Waals surface area contributed by atoms with E-state index < -0.39 is 5.41 Å². The quantitative estimate of drug-likeness (QED) is 0.803. The minimum Gasteiger partial charge on any atom is -0.362 e. The zero-order valence-corrected chi connectivity index (χ0v) is 16.1. The fraction of sp³-hybridized carbons (Fsp3) is 0.400. The Kier molecular flexibility index (Phi) is 4.28. The van der Waals surface area contributed by atoms with E-state index in [1.165, 1.54) is 0 Å². The Balaban J connectivity index is 2.24. The number of ketones is 2. The standard InChI is InChI=1S/C20H22BrNO2/c1-11-16(12(2)23)17(13-6-5-7-14(21)10-13)18-15(22-11)8-9-20(3,4)19(18)24/h5-7,10,17,22H,8-9H2,1-4H3. The van der Waals surface area contributed by atoms with E-state index >= 15 is 0 Å². The van der Waals surface area contributed by atoms with Crippen molar-refractivity contribution < 1.29 is 9.59 Å². The molecule has 0 fully saturated rings. The Labute approximate surface area is 151 Å². The number of carbonyl (C=O) groups excluding carboxylic acids is 2. The van der Waals surface area contributed by atoms with Gasteiger partial charge in [0.25, 0.3) is 0 Å². The molecule has 0 amide bonds. The van der Waals surface area contributed by atoms with Crippen LogP contribution < -0.4 is 5.32 Å². The van der Waals surface area contributed by atoms with E-state index in [1.807, 2.05) is 45.0 Å². The molecule has 126 valence electrons. The molecule has 3 rings (SSSR count). The Morgan fingerprint density at radius 3 is 2.67 bits per heavy atom. The fourth-order valence-corrected chi connectivity index (χ4v) is 4.18. The van der Waals surface area contributed by atoms with Crippen LogP contribution in [-0.2, 0) is 9.59 Å². The molecule has 1 aliphatic carbocycles. The number of halogens is 1. The summed E-state index contributed by atoms with van der Waals surface area (Å²) >= 11 is 3.51. The van der Waals surface area contributed by atoms with Crippen molar-refractivity contribution in [2.24, 2.45) is 5.41 Å². The minimum atomic E-state index is -0.391. The first kappa shape index (κ1) is 17.2. The Hall–Kier alpha value is -1.68. The third-order valence-corrected chi connectivity index (χ3v) is 5.56. The predicted molar refractivity (Wildman–Crippen MR) is 98.4 cm³/mol. The number of benzene rings is 1. The van der Waals surface area contributed by atoms with Crippen molar-refractivity contribution in [1.82, 2.24) is 5.32 Å². The summed E-state index contributed by atoms with van der Waals surface area (Å²) < 4.78 is 0.948. The first-order valence-corrected chi connectivity index (χ1v) is 9.03. The van der Waals surface area contributed by atoms with Gasteiger partial charge in [0.05, 0.1) is 0 Å². The average Bonchev–Trinajstić information content (AvgIpc) is 2.50. The van der Waals surface area contributed by atoms with Gasteiger partial charge in [-0.3, -0.25) is 9.59 Å². The summed E-state index contributed by atoms with van der Waals surface area (Å²) in [5, 5.41) is 3.34. The van der Waals surface area contributed by atoms with Crippen LogP contribution in [-0.4, -0.2) is 11.6 Å². The van der Waals surface area contributed by atoms with Crippen molar-refractivity contribution in [3.8, 4) is 0 Å². The fourth-order valence-electron chi connectivity index (χ4n) is 3.76. The lowest BCUT2D eigenvalue weighted by molar-refractivity contribution is -0.124. The number of nitrogens with one attached hydrogen (secondary N) is 1. The predicted octanol–water partition coefficient (Wildman–Crippen LogP) is 4.64. The van der Waals surface area contributed by atoms with Crippen molar-refractivity contribution >= 4 is 27.5 Å². The number of hydrogen-bond donors (Lipinski definition) is 1. The lowest BCUT2D eigenvalue weighted by Crippen LogP contribution is -2.40. The van der Waals surface area contributed by atoms with Gasteiger partial charge in [-0.1, -0.05) is 41.9 Å². The summed E-state index contributed by atoms with van der Waals surface area (Å²) in [7, 11) is 0. The number of Topliss-reactive ketones (excluding diaryl/α,β-unsaturated/α-hetero) is 2. The molecule has 1 aliphatic heterocycles. The van der Waals surface area contributed by atoms with Crippen LogP contribution in [0.15, 0.2) is 51.3 Å². The zero-order valence-electron chi connectivity index (χ0n) is 14.5. The van der Waals surface area contributed by atoms with Crippen LogP contribution in [0.1, 0.15) is 52.0 Å². The Morgan fingerprint density at radius 1 is 1.33 bits per heavy atom. The van der Waals surface area contributed by atoms with E-state index in [9.17, 15) is 9.59 Å². The smallest absolute Gasteiger partial charge is 0.167 e. The molecule has 3 nitrogen and oxygen atoms in total. The second-order valence-electron chi connectivity index (χ2n) is 7.31. The first-order valence-electron chi connectivity index (χ1n) is 8.24. The molecule has 2 aliphatic rings. The maximum absolute atomic E-state index is 13.2. The molecule has 0 bridgehead atoms. The summed E-state index contributed by atoms with van der Waals surface area (Å²) in [5.41, 5.74) is 3.88. The maximum Gasteiger partial charge on any atom is 0.167 e. The monoisotopic (exact) mass is 387 g/mol. The SMILES string of the molecule is CC(=O)C1=C(C)NC2=C(C(=O)C(C)(C)CC2)C1c1cccc(Br)c1. The molecule has 24 heavy (non-hydrogen) atoms. The summed E-state index contributed by atoms with van der Waals surface area (Å²) in [6.45, 7) is 7.50. The minimum absolute atomic E-state index is 0.00713. The molecular formula is C20H22BrNO2. The third-order valence-electron chi connectivity index (χ3n) is 5.07. The van der Waals surface area contributed by atoms with Crippen LogP contribution in [0.25, 0.3) is 0 Å². The molecule has 0 saturated carbocycles. The van der Waals surface area contributed by atoms with Crippen LogP contribution in [0.2, 0.25) is 0 Å². The van der Waals surface area contributed by atoms with Crippen molar-refractivity contribution in [3.63, 3.8) is 0 Å². The Bertz CT molecular complexity index is 802. The van der Waals surface area contributed by atoms with Crippen molar-refractivity contribution in [1.29, 1.82) is 0 Å². The second-order valence-corrected chi connectivity index (χ2v) is 8.23. The second kappa shape index (κ2) is 5.99. The van der Waals surface area contributed by atoms with Crippen LogP contribution in [0, 0.1) is 5.41 Å². The topological polar surface area (TPSA) is 46.2 Å². The molecule has 0 saturated heterocycles. The lowest BCUT2D eigenvalue weighted by Gasteiger charge is -2.39. The molecule has 1 aromatic carbocycles. The van der Waals surface area contributed by atoms with Gasteiger partial charge in [0.2, 0.25) is 0 Å². The largest absolute Gasteiger partial charge is 0.362 e. The highest BCUT2D eigenvalue weighted by molar-refractivity contribution is 9.10. The molecule has 1 unspecified atom stereocenters. The molecule has 0 radical (unpaired) electrons. The van der Waals surface area contributed by atoms with Gasteiger partial charge in [-0.15, -0.1) is 0 Å². The lowest BCUT2D eigenvalue weighted by atomic mass is 9.67. The molecule has 1 N–H and O–H groups in total. The van der Waals surface area contributed by atoms with Gasteiger partial charge in [0.15, 0.2) is 11.6 Å². The molecule has 0 spiro atoms. The zero-order chi connectivity index (χ0) is 17.6. The van der Waals surface area contributed by atoms with Crippen LogP contribution in [0.3, 0.4) is 0 Å². The number of rotatable bonds is 2. The summed E-state index contributed by atoms with van der Waals surface area (Å²) in [6.07, 6.45) is 1.66. The number of allylic oxidation sites excluding steroid dienone is 4. The maximum atomic E-state index is 13.2. The van der Waals surface area contributed by atoms with E-state index in [1.54, 1.807) is 6.92 Å². The molecular weight excluding hydrogens is 366 g/mol.